The third-order valence-electron chi connectivity index (χ3n) is 7.16. The summed E-state index contributed by atoms with van der Waals surface area (Å²) in [5.74, 6) is 1.18. The Morgan fingerprint density at radius 1 is 1.03 bits per heavy atom. The van der Waals surface area contributed by atoms with E-state index in [4.69, 9.17) is 4.74 Å². The molecule has 0 aliphatic carbocycles. The van der Waals surface area contributed by atoms with Gasteiger partial charge in [-0.05, 0) is 61.3 Å². The van der Waals surface area contributed by atoms with E-state index < -0.39 is 0 Å². The summed E-state index contributed by atoms with van der Waals surface area (Å²) in [6, 6.07) is 14.6. The number of carbonyl (C=O) groups excluding carboxylic acids is 1. The minimum absolute atomic E-state index is 0.254. The minimum atomic E-state index is -0.336. The zero-order valence-corrected chi connectivity index (χ0v) is 17.9. The monoisotopic (exact) mass is 403 g/mol. The molecule has 5 heteroatoms. The molecule has 1 fully saturated rings. The van der Waals surface area contributed by atoms with Gasteiger partial charge in [0.25, 0.3) is 0 Å². The van der Waals surface area contributed by atoms with Gasteiger partial charge in [-0.15, -0.1) is 0 Å². The number of likely N-dealkylation sites (N-methyl/N-ethyl adjacent to an activating group) is 2. The second-order valence-corrected chi connectivity index (χ2v) is 8.75. The zero-order valence-electron chi connectivity index (χ0n) is 17.9. The highest BCUT2D eigenvalue weighted by Gasteiger charge is 2.50. The molecule has 5 nitrogen and oxygen atoms in total. The van der Waals surface area contributed by atoms with Crippen molar-refractivity contribution in [3.8, 4) is 5.75 Å². The van der Waals surface area contributed by atoms with Crippen molar-refractivity contribution in [1.29, 1.82) is 0 Å². The first kappa shape index (κ1) is 19.2. The zero-order chi connectivity index (χ0) is 20.9. The molecule has 0 aromatic heterocycles. The van der Waals surface area contributed by atoms with E-state index in [0.717, 1.165) is 56.0 Å². The number of anilines is 2. The summed E-state index contributed by atoms with van der Waals surface area (Å²) < 4.78 is 6.05. The van der Waals surface area contributed by atoms with E-state index in [2.05, 4.69) is 53.8 Å². The number of benzene rings is 2. The van der Waals surface area contributed by atoms with Crippen LogP contribution in [0.4, 0.5) is 11.4 Å². The number of hydrogen-bond acceptors (Lipinski definition) is 4. The fourth-order valence-electron chi connectivity index (χ4n) is 5.28. The van der Waals surface area contributed by atoms with Gasteiger partial charge in [-0.2, -0.15) is 0 Å². The molecule has 3 aliphatic heterocycles. The Morgan fingerprint density at radius 3 is 2.60 bits per heavy atom. The fraction of sp³-hybridized carbons (Fsp3) is 0.400. The van der Waals surface area contributed by atoms with Crippen molar-refractivity contribution < 1.29 is 9.53 Å². The quantitative estimate of drug-likeness (QED) is 0.782. The average molecular weight is 404 g/mol. The number of allylic oxidation sites excluding steroid dienone is 1. The third kappa shape index (κ3) is 2.91. The predicted octanol–water partition coefficient (Wildman–Crippen LogP) is 3.58. The van der Waals surface area contributed by atoms with Crippen molar-refractivity contribution in [1.82, 2.24) is 4.90 Å². The molecular formula is C25H29N3O2. The minimum Gasteiger partial charge on any atom is -0.492 e. The van der Waals surface area contributed by atoms with Gasteiger partial charge in [0.1, 0.15) is 12.4 Å². The SMILES string of the molecule is C=C1Cc2cc(OCCN3CCC4(CC3)C(=O)N(C)c3ccccc34)ccc2N1C. The van der Waals surface area contributed by atoms with Gasteiger partial charge in [-0.3, -0.25) is 9.69 Å². The van der Waals surface area contributed by atoms with Gasteiger partial charge in [-0.1, -0.05) is 24.8 Å². The lowest BCUT2D eigenvalue weighted by molar-refractivity contribution is -0.124. The number of nitrogens with zero attached hydrogens (tertiary/aromatic N) is 3. The van der Waals surface area contributed by atoms with E-state index in [1.807, 2.05) is 24.1 Å². The Labute approximate surface area is 178 Å². The molecule has 3 aliphatic rings. The fourth-order valence-corrected chi connectivity index (χ4v) is 5.28. The van der Waals surface area contributed by atoms with E-state index in [1.54, 1.807) is 0 Å². The summed E-state index contributed by atoms with van der Waals surface area (Å²) in [5, 5.41) is 0. The Balaban J connectivity index is 1.18. The smallest absolute Gasteiger partial charge is 0.237 e. The molecule has 30 heavy (non-hydrogen) atoms. The number of rotatable bonds is 4. The van der Waals surface area contributed by atoms with E-state index in [9.17, 15) is 4.79 Å². The molecule has 0 atom stereocenters. The summed E-state index contributed by atoms with van der Waals surface area (Å²) in [4.78, 5) is 19.5. The highest BCUT2D eigenvalue weighted by molar-refractivity contribution is 6.07. The van der Waals surface area contributed by atoms with E-state index in [-0.39, 0.29) is 11.3 Å². The van der Waals surface area contributed by atoms with Crippen molar-refractivity contribution in [2.75, 3.05) is 50.1 Å². The highest BCUT2D eigenvalue weighted by atomic mass is 16.5. The normalized spacial score (nSPS) is 20.1. The topological polar surface area (TPSA) is 36.0 Å². The van der Waals surface area contributed by atoms with Crippen LogP contribution in [-0.2, 0) is 16.6 Å². The standard InChI is InChI=1S/C25H29N3O2/c1-18-16-19-17-20(8-9-22(19)26(18)2)30-15-14-28-12-10-25(11-13-28)21-6-4-5-7-23(21)27(3)24(25)29/h4-9,17H,1,10-16H2,2-3H3. The van der Waals surface area contributed by atoms with Crippen LogP contribution in [0.1, 0.15) is 24.0 Å². The molecule has 0 radical (unpaired) electrons. The number of carbonyl (C=O) groups is 1. The van der Waals surface area contributed by atoms with Gasteiger partial charge in [-0.25, -0.2) is 0 Å². The van der Waals surface area contributed by atoms with Crippen molar-refractivity contribution >= 4 is 17.3 Å². The second kappa shape index (κ2) is 7.17. The lowest BCUT2D eigenvalue weighted by atomic mass is 9.73. The molecule has 156 valence electrons. The van der Waals surface area contributed by atoms with Gasteiger partial charge in [0.05, 0.1) is 5.41 Å². The first-order valence-corrected chi connectivity index (χ1v) is 10.8. The number of hydrogen-bond donors (Lipinski definition) is 0. The molecular weight excluding hydrogens is 374 g/mol. The van der Waals surface area contributed by atoms with Gasteiger partial charge >= 0.3 is 0 Å². The lowest BCUT2D eigenvalue weighted by Crippen LogP contribution is -2.48. The maximum absolute atomic E-state index is 13.1. The van der Waals surface area contributed by atoms with Crippen LogP contribution in [-0.4, -0.2) is 51.1 Å². The maximum Gasteiger partial charge on any atom is 0.237 e. The molecule has 1 spiro atoms. The van der Waals surface area contributed by atoms with Gasteiger partial charge in [0.2, 0.25) is 5.91 Å². The first-order chi connectivity index (χ1) is 14.5. The summed E-state index contributed by atoms with van der Waals surface area (Å²) >= 11 is 0. The Kier molecular flexibility index (Phi) is 4.58. The molecule has 2 aromatic rings. The summed E-state index contributed by atoms with van der Waals surface area (Å²) in [7, 11) is 3.96. The Bertz CT molecular complexity index is 1010. The van der Waals surface area contributed by atoms with Crippen LogP contribution in [0.5, 0.6) is 5.75 Å². The summed E-state index contributed by atoms with van der Waals surface area (Å²) in [6.07, 6.45) is 2.64. The third-order valence-corrected chi connectivity index (χ3v) is 7.16. The van der Waals surface area contributed by atoms with Crippen LogP contribution in [0.2, 0.25) is 0 Å². The lowest BCUT2D eigenvalue weighted by Gasteiger charge is -2.38. The van der Waals surface area contributed by atoms with E-state index in [0.29, 0.717) is 6.61 Å². The highest BCUT2D eigenvalue weighted by Crippen LogP contribution is 2.47. The van der Waals surface area contributed by atoms with Gasteiger partial charge < -0.3 is 14.5 Å². The van der Waals surface area contributed by atoms with Crippen LogP contribution in [0.3, 0.4) is 0 Å². The second-order valence-electron chi connectivity index (χ2n) is 8.75. The average Bonchev–Trinajstić information content (AvgIpc) is 3.16. The van der Waals surface area contributed by atoms with Gasteiger partial charge in [0, 0.05) is 44.1 Å². The van der Waals surface area contributed by atoms with Crippen molar-refractivity contribution in [2.45, 2.75) is 24.7 Å². The van der Waals surface area contributed by atoms with Gasteiger partial charge in [0.15, 0.2) is 0 Å². The van der Waals surface area contributed by atoms with Crippen molar-refractivity contribution in [3.63, 3.8) is 0 Å². The molecule has 2 aromatic carbocycles. The Hall–Kier alpha value is -2.79. The van der Waals surface area contributed by atoms with Crippen LogP contribution >= 0.6 is 0 Å². The van der Waals surface area contributed by atoms with Crippen LogP contribution < -0.4 is 14.5 Å². The number of fused-ring (bicyclic) bond motifs is 3. The maximum atomic E-state index is 13.1. The first-order valence-electron chi connectivity index (χ1n) is 10.8. The van der Waals surface area contributed by atoms with Crippen LogP contribution in [0, 0.1) is 0 Å². The van der Waals surface area contributed by atoms with Crippen LogP contribution in [0.15, 0.2) is 54.7 Å². The van der Waals surface area contributed by atoms with Crippen molar-refractivity contribution in [3.05, 3.63) is 65.9 Å². The predicted molar refractivity (Wildman–Crippen MR) is 120 cm³/mol. The van der Waals surface area contributed by atoms with Crippen molar-refractivity contribution in [2.24, 2.45) is 0 Å². The summed E-state index contributed by atoms with van der Waals surface area (Å²) in [5.41, 5.74) is 5.57. The molecule has 1 amide bonds. The van der Waals surface area contributed by atoms with E-state index >= 15 is 0 Å². The van der Waals surface area contributed by atoms with Crippen LogP contribution in [0.25, 0.3) is 0 Å². The molecule has 0 saturated carbocycles. The number of amides is 1. The Morgan fingerprint density at radius 2 is 1.80 bits per heavy atom. The molecule has 0 N–H and O–H groups in total. The molecule has 0 unspecified atom stereocenters. The van der Waals surface area contributed by atoms with E-state index in [1.165, 1.54) is 16.8 Å². The molecule has 3 heterocycles. The summed E-state index contributed by atoms with van der Waals surface area (Å²) in [6.45, 7) is 7.49. The molecule has 1 saturated heterocycles. The number of piperidine rings is 1. The number of likely N-dealkylation sites (tertiary alicyclic amines) is 1. The number of ether oxygens (including phenoxy) is 1. The molecule has 5 rings (SSSR count). The largest absolute Gasteiger partial charge is 0.492 e. The number of para-hydroxylation sites is 1. The molecule has 0 bridgehead atoms.